The third kappa shape index (κ3) is 3.68. The molecule has 0 aliphatic carbocycles. The predicted molar refractivity (Wildman–Crippen MR) is 58.9 cm³/mol. The lowest BCUT2D eigenvalue weighted by atomic mass is 9.92. The van der Waals surface area contributed by atoms with Gasteiger partial charge in [-0.05, 0) is 37.6 Å². The van der Waals surface area contributed by atoms with E-state index in [1.165, 1.54) is 25.9 Å². The second-order valence-electron chi connectivity index (χ2n) is 6.00. The average molecular weight is 183 g/mol. The molecule has 0 saturated carbocycles. The molecule has 0 amide bonds. The number of hydrogen-bond acceptors (Lipinski definition) is 1. The second-order valence-corrected chi connectivity index (χ2v) is 6.00. The summed E-state index contributed by atoms with van der Waals surface area (Å²) in [4.78, 5) is 2.65. The molecular formula is C12H25N. The first-order chi connectivity index (χ1) is 5.88. The van der Waals surface area contributed by atoms with E-state index in [0.29, 0.717) is 5.41 Å². The Balaban J connectivity index is 2.30. The summed E-state index contributed by atoms with van der Waals surface area (Å²) in [5.41, 5.74) is 0.492. The van der Waals surface area contributed by atoms with E-state index in [4.69, 9.17) is 0 Å². The highest BCUT2D eigenvalue weighted by molar-refractivity contribution is 4.80. The maximum absolute atomic E-state index is 2.65. The van der Waals surface area contributed by atoms with Crippen molar-refractivity contribution in [2.75, 3.05) is 13.1 Å². The van der Waals surface area contributed by atoms with Gasteiger partial charge in [-0.3, -0.25) is 0 Å². The fourth-order valence-corrected chi connectivity index (χ4v) is 2.18. The van der Waals surface area contributed by atoms with Crippen molar-refractivity contribution in [3.05, 3.63) is 0 Å². The number of hydrogen-bond donors (Lipinski definition) is 0. The molecule has 0 aromatic heterocycles. The summed E-state index contributed by atoms with van der Waals surface area (Å²) in [7, 11) is 0. The molecule has 0 spiro atoms. The van der Waals surface area contributed by atoms with Crippen LogP contribution >= 0.6 is 0 Å². The van der Waals surface area contributed by atoms with E-state index in [0.717, 1.165) is 12.0 Å². The van der Waals surface area contributed by atoms with Gasteiger partial charge in [0.2, 0.25) is 0 Å². The lowest BCUT2D eigenvalue weighted by Crippen LogP contribution is -2.30. The minimum Gasteiger partial charge on any atom is -0.300 e. The summed E-state index contributed by atoms with van der Waals surface area (Å²) in [5, 5.41) is 0. The van der Waals surface area contributed by atoms with Crippen LogP contribution in [0.15, 0.2) is 0 Å². The first kappa shape index (κ1) is 11.0. The lowest BCUT2D eigenvalue weighted by Gasteiger charge is -2.26. The van der Waals surface area contributed by atoms with Crippen molar-refractivity contribution in [3.63, 3.8) is 0 Å². The molecule has 0 N–H and O–H groups in total. The van der Waals surface area contributed by atoms with Crippen molar-refractivity contribution in [3.8, 4) is 0 Å². The van der Waals surface area contributed by atoms with Gasteiger partial charge in [-0.15, -0.1) is 0 Å². The maximum atomic E-state index is 2.65. The van der Waals surface area contributed by atoms with Crippen LogP contribution < -0.4 is 0 Å². The number of rotatable bonds is 2. The molecular weight excluding hydrogens is 158 g/mol. The summed E-state index contributed by atoms with van der Waals surface area (Å²) in [5.74, 6) is 0.912. The van der Waals surface area contributed by atoms with Crippen LogP contribution in [0, 0.1) is 11.3 Å². The smallest absolute Gasteiger partial charge is 0.00700 e. The Kier molecular flexibility index (Phi) is 3.39. The Morgan fingerprint density at radius 1 is 1.23 bits per heavy atom. The lowest BCUT2D eigenvalue weighted by molar-refractivity contribution is 0.220. The van der Waals surface area contributed by atoms with E-state index >= 15 is 0 Å². The zero-order valence-corrected chi connectivity index (χ0v) is 9.93. The van der Waals surface area contributed by atoms with Crippen molar-refractivity contribution >= 4 is 0 Å². The molecule has 1 heteroatoms. The Bertz CT molecular complexity index is 157. The van der Waals surface area contributed by atoms with Crippen LogP contribution in [0.25, 0.3) is 0 Å². The molecule has 1 nitrogen and oxygen atoms in total. The molecule has 1 fully saturated rings. The van der Waals surface area contributed by atoms with Gasteiger partial charge in [-0.25, -0.2) is 0 Å². The van der Waals surface area contributed by atoms with Crippen LogP contribution in [0.3, 0.4) is 0 Å². The van der Waals surface area contributed by atoms with Crippen LogP contribution in [0.2, 0.25) is 0 Å². The Hall–Kier alpha value is -0.0400. The molecule has 78 valence electrons. The Labute approximate surface area is 83.5 Å². The van der Waals surface area contributed by atoms with Gasteiger partial charge in [0.15, 0.2) is 0 Å². The molecule has 1 rings (SSSR count). The first-order valence-electron chi connectivity index (χ1n) is 5.62. The maximum Gasteiger partial charge on any atom is 0.00700 e. The largest absolute Gasteiger partial charge is 0.300 e. The van der Waals surface area contributed by atoms with Crippen molar-refractivity contribution < 1.29 is 0 Å². The Morgan fingerprint density at radius 3 is 2.23 bits per heavy atom. The molecule has 2 atom stereocenters. The monoisotopic (exact) mass is 183 g/mol. The topological polar surface area (TPSA) is 3.24 Å². The van der Waals surface area contributed by atoms with Crippen LogP contribution in [0.5, 0.6) is 0 Å². The molecule has 1 aliphatic rings. The minimum atomic E-state index is 0.492. The normalized spacial score (nSPS) is 31.2. The summed E-state index contributed by atoms with van der Waals surface area (Å²) in [6.45, 7) is 14.3. The molecule has 1 aliphatic heterocycles. The minimum absolute atomic E-state index is 0.492. The van der Waals surface area contributed by atoms with E-state index < -0.39 is 0 Å². The predicted octanol–water partition coefficient (Wildman–Crippen LogP) is 3.15. The summed E-state index contributed by atoms with van der Waals surface area (Å²) >= 11 is 0. The molecule has 0 aromatic rings. The van der Waals surface area contributed by atoms with E-state index in [9.17, 15) is 0 Å². The fraction of sp³-hybridized carbons (Fsp3) is 1.00. The third-order valence-corrected chi connectivity index (χ3v) is 3.06. The van der Waals surface area contributed by atoms with Gasteiger partial charge in [0.05, 0.1) is 0 Å². The van der Waals surface area contributed by atoms with E-state index in [1.54, 1.807) is 0 Å². The SMILES string of the molecule is CC1CC(C)N(CCC(C)(C)C)C1. The number of nitrogens with zero attached hydrogens (tertiary/aromatic N) is 1. The standard InChI is InChI=1S/C12H25N/c1-10-8-11(2)13(9-10)7-6-12(3,4)5/h10-11H,6-9H2,1-5H3. The summed E-state index contributed by atoms with van der Waals surface area (Å²) in [6.07, 6.45) is 2.72. The molecule has 1 heterocycles. The van der Waals surface area contributed by atoms with Crippen LogP contribution in [0.1, 0.15) is 47.5 Å². The van der Waals surface area contributed by atoms with Crippen molar-refractivity contribution in [1.82, 2.24) is 4.90 Å². The van der Waals surface area contributed by atoms with Gasteiger partial charge < -0.3 is 4.90 Å². The zero-order chi connectivity index (χ0) is 10.1. The van der Waals surface area contributed by atoms with Gasteiger partial charge >= 0.3 is 0 Å². The third-order valence-electron chi connectivity index (χ3n) is 3.06. The second kappa shape index (κ2) is 4.00. The van der Waals surface area contributed by atoms with Gasteiger partial charge in [-0.2, -0.15) is 0 Å². The van der Waals surface area contributed by atoms with Crippen molar-refractivity contribution in [2.45, 2.75) is 53.5 Å². The van der Waals surface area contributed by atoms with Crippen molar-refractivity contribution in [1.29, 1.82) is 0 Å². The van der Waals surface area contributed by atoms with Gasteiger partial charge in [-0.1, -0.05) is 27.7 Å². The quantitative estimate of drug-likeness (QED) is 0.635. The van der Waals surface area contributed by atoms with Crippen LogP contribution in [-0.4, -0.2) is 24.0 Å². The van der Waals surface area contributed by atoms with E-state index in [2.05, 4.69) is 39.5 Å². The highest BCUT2D eigenvalue weighted by atomic mass is 15.2. The highest BCUT2D eigenvalue weighted by Crippen LogP contribution is 2.25. The molecule has 13 heavy (non-hydrogen) atoms. The van der Waals surface area contributed by atoms with E-state index in [-0.39, 0.29) is 0 Å². The van der Waals surface area contributed by atoms with Crippen LogP contribution in [-0.2, 0) is 0 Å². The van der Waals surface area contributed by atoms with Gasteiger partial charge in [0.25, 0.3) is 0 Å². The van der Waals surface area contributed by atoms with Crippen LogP contribution in [0.4, 0.5) is 0 Å². The number of likely N-dealkylation sites (tertiary alicyclic amines) is 1. The summed E-state index contributed by atoms with van der Waals surface area (Å²) < 4.78 is 0. The molecule has 1 saturated heterocycles. The van der Waals surface area contributed by atoms with E-state index in [1.807, 2.05) is 0 Å². The Morgan fingerprint density at radius 2 is 1.85 bits per heavy atom. The summed E-state index contributed by atoms with van der Waals surface area (Å²) in [6, 6.07) is 0.817. The average Bonchev–Trinajstić information content (AvgIpc) is 2.24. The molecule has 0 bridgehead atoms. The van der Waals surface area contributed by atoms with Gasteiger partial charge in [0, 0.05) is 12.6 Å². The first-order valence-corrected chi connectivity index (χ1v) is 5.62. The molecule has 2 unspecified atom stereocenters. The molecule has 0 radical (unpaired) electrons. The highest BCUT2D eigenvalue weighted by Gasteiger charge is 2.26. The van der Waals surface area contributed by atoms with Crippen molar-refractivity contribution in [2.24, 2.45) is 11.3 Å². The zero-order valence-electron chi connectivity index (χ0n) is 9.93. The fourth-order valence-electron chi connectivity index (χ4n) is 2.18. The molecule has 0 aromatic carbocycles. The van der Waals surface area contributed by atoms with Gasteiger partial charge in [0.1, 0.15) is 0 Å².